The predicted molar refractivity (Wildman–Crippen MR) is 43.2 cm³/mol. The lowest BCUT2D eigenvalue weighted by Crippen LogP contribution is -2.45. The zero-order valence-electron chi connectivity index (χ0n) is 6.84. The monoisotopic (exact) mass is 149 g/mol. The van der Waals surface area contributed by atoms with Crippen molar-refractivity contribution in [1.29, 1.82) is 0 Å². The molecule has 1 heteroatoms. The van der Waals surface area contributed by atoms with E-state index in [0.29, 0.717) is 5.54 Å². The van der Waals surface area contributed by atoms with Crippen molar-refractivity contribution in [2.75, 3.05) is 0 Å². The van der Waals surface area contributed by atoms with Crippen LogP contribution in [0.5, 0.6) is 0 Å². The zero-order valence-corrected chi connectivity index (χ0v) is 6.84. The number of nitrogens with one attached hydrogen (secondary N) is 1. The van der Waals surface area contributed by atoms with Gasteiger partial charge in [-0.05, 0) is 49.9 Å². The van der Waals surface area contributed by atoms with E-state index in [4.69, 9.17) is 0 Å². The van der Waals surface area contributed by atoms with E-state index in [9.17, 15) is 0 Å². The highest BCUT2D eigenvalue weighted by Gasteiger charge is 2.62. The largest absolute Gasteiger partial charge is 0.308 e. The normalized spacial score (nSPS) is 69.8. The summed E-state index contributed by atoms with van der Waals surface area (Å²) in [6.07, 6.45) is 7.72. The lowest BCUT2D eigenvalue weighted by atomic mass is 9.56. The Kier molecular flexibility index (Phi) is 0.706. The van der Waals surface area contributed by atoms with E-state index in [1.54, 1.807) is 12.8 Å². The van der Waals surface area contributed by atoms with Crippen LogP contribution in [0.4, 0.5) is 0 Å². The van der Waals surface area contributed by atoms with E-state index in [1.165, 1.54) is 19.3 Å². The van der Waals surface area contributed by atoms with Crippen LogP contribution in [-0.4, -0.2) is 11.6 Å². The van der Waals surface area contributed by atoms with Gasteiger partial charge in [0.05, 0.1) is 0 Å². The standard InChI is InChI=1S/C10H15N/c1-6-2-8-5-10(3-6)4-7(1)9(8)11-10/h6-9,11H,1-5H2. The first-order chi connectivity index (χ1) is 5.35. The summed E-state index contributed by atoms with van der Waals surface area (Å²) in [4.78, 5) is 0. The van der Waals surface area contributed by atoms with Crippen molar-refractivity contribution in [3.8, 4) is 0 Å². The summed E-state index contributed by atoms with van der Waals surface area (Å²) in [5.41, 5.74) is 0.682. The molecule has 0 aromatic heterocycles. The molecule has 0 aromatic carbocycles. The minimum Gasteiger partial charge on any atom is -0.308 e. The zero-order chi connectivity index (χ0) is 7.05. The Labute approximate surface area is 67.6 Å². The van der Waals surface area contributed by atoms with Crippen LogP contribution in [0, 0.1) is 17.8 Å². The van der Waals surface area contributed by atoms with Crippen molar-refractivity contribution in [3.63, 3.8) is 0 Å². The second kappa shape index (κ2) is 1.39. The first kappa shape index (κ1) is 5.58. The van der Waals surface area contributed by atoms with Gasteiger partial charge in [-0.3, -0.25) is 0 Å². The summed E-state index contributed by atoms with van der Waals surface area (Å²) in [6.45, 7) is 0. The van der Waals surface area contributed by atoms with Crippen molar-refractivity contribution in [1.82, 2.24) is 5.32 Å². The van der Waals surface area contributed by atoms with Crippen molar-refractivity contribution < 1.29 is 0 Å². The molecule has 2 saturated heterocycles. The lowest BCUT2D eigenvalue weighted by Gasteiger charge is -2.47. The summed E-state index contributed by atoms with van der Waals surface area (Å²) in [5, 5.41) is 3.89. The lowest BCUT2D eigenvalue weighted by molar-refractivity contribution is 0.0692. The molecule has 2 heterocycles. The molecule has 5 rings (SSSR count). The number of hydrogen-bond acceptors (Lipinski definition) is 1. The molecule has 0 aromatic rings. The highest BCUT2D eigenvalue weighted by atomic mass is 15.1. The molecule has 3 aliphatic carbocycles. The molecule has 2 aliphatic heterocycles. The van der Waals surface area contributed by atoms with Gasteiger partial charge in [0.1, 0.15) is 0 Å². The van der Waals surface area contributed by atoms with Gasteiger partial charge < -0.3 is 5.32 Å². The van der Waals surface area contributed by atoms with Crippen LogP contribution in [0.1, 0.15) is 32.1 Å². The quantitative estimate of drug-likeness (QED) is 0.551. The Morgan fingerprint density at radius 1 is 1.00 bits per heavy atom. The molecule has 5 aliphatic rings. The summed E-state index contributed by atoms with van der Waals surface area (Å²) in [6, 6.07) is 0.966. The van der Waals surface area contributed by atoms with Crippen LogP contribution in [-0.2, 0) is 0 Å². The topological polar surface area (TPSA) is 12.0 Å². The molecule has 11 heavy (non-hydrogen) atoms. The van der Waals surface area contributed by atoms with Crippen LogP contribution in [0.2, 0.25) is 0 Å². The molecule has 0 radical (unpaired) electrons. The van der Waals surface area contributed by atoms with Crippen LogP contribution >= 0.6 is 0 Å². The molecular weight excluding hydrogens is 134 g/mol. The molecule has 3 saturated carbocycles. The van der Waals surface area contributed by atoms with Gasteiger partial charge in [0.15, 0.2) is 0 Å². The third-order valence-electron chi connectivity index (χ3n) is 4.75. The first-order valence-electron chi connectivity index (χ1n) is 5.12. The van der Waals surface area contributed by atoms with E-state index in [2.05, 4.69) is 5.32 Å². The minimum atomic E-state index is 0.682. The highest BCUT2D eigenvalue weighted by Crippen LogP contribution is 2.61. The Hall–Kier alpha value is -0.0400. The van der Waals surface area contributed by atoms with Crippen molar-refractivity contribution in [3.05, 3.63) is 0 Å². The maximum atomic E-state index is 3.89. The van der Waals surface area contributed by atoms with Crippen LogP contribution in [0.15, 0.2) is 0 Å². The molecule has 2 unspecified atom stereocenters. The van der Waals surface area contributed by atoms with Crippen LogP contribution in [0.3, 0.4) is 0 Å². The Morgan fingerprint density at radius 2 is 1.73 bits per heavy atom. The second-order valence-corrected chi connectivity index (χ2v) is 5.42. The second-order valence-electron chi connectivity index (χ2n) is 5.42. The van der Waals surface area contributed by atoms with Gasteiger partial charge in [0.2, 0.25) is 0 Å². The van der Waals surface area contributed by atoms with Gasteiger partial charge in [-0.1, -0.05) is 0 Å². The Morgan fingerprint density at radius 3 is 2.36 bits per heavy atom. The molecule has 2 atom stereocenters. The number of rotatable bonds is 0. The molecule has 5 fully saturated rings. The van der Waals surface area contributed by atoms with Crippen molar-refractivity contribution in [2.45, 2.75) is 43.7 Å². The molecule has 5 bridgehead atoms. The fourth-order valence-electron chi connectivity index (χ4n) is 4.79. The maximum Gasteiger partial charge on any atom is 0.0193 e. The van der Waals surface area contributed by atoms with E-state index >= 15 is 0 Å². The van der Waals surface area contributed by atoms with Gasteiger partial charge in [-0.2, -0.15) is 0 Å². The average Bonchev–Trinajstić information content (AvgIpc) is 2.34. The highest BCUT2D eigenvalue weighted by molar-refractivity contribution is 5.19. The fourth-order valence-corrected chi connectivity index (χ4v) is 4.79. The van der Waals surface area contributed by atoms with E-state index in [-0.39, 0.29) is 0 Å². The van der Waals surface area contributed by atoms with E-state index in [1.807, 2.05) is 0 Å². The fraction of sp³-hybridized carbons (Fsp3) is 1.00. The van der Waals surface area contributed by atoms with Crippen LogP contribution in [0.25, 0.3) is 0 Å². The number of hydrogen-bond donors (Lipinski definition) is 1. The summed E-state index contributed by atoms with van der Waals surface area (Å²) in [7, 11) is 0. The van der Waals surface area contributed by atoms with Gasteiger partial charge in [-0.25, -0.2) is 0 Å². The van der Waals surface area contributed by atoms with Crippen molar-refractivity contribution >= 4 is 0 Å². The Bertz CT molecular complexity index is 203. The average molecular weight is 149 g/mol. The predicted octanol–water partition coefficient (Wildman–Crippen LogP) is 1.54. The maximum absolute atomic E-state index is 3.89. The van der Waals surface area contributed by atoms with Gasteiger partial charge >= 0.3 is 0 Å². The molecular formula is C10H15N. The van der Waals surface area contributed by atoms with E-state index in [0.717, 1.165) is 23.8 Å². The SMILES string of the molecule is C1C2CC3CC4(C2)CC1C3N4. The minimum absolute atomic E-state index is 0.682. The Balaban J connectivity index is 1.91. The van der Waals surface area contributed by atoms with Gasteiger partial charge in [-0.15, -0.1) is 0 Å². The van der Waals surface area contributed by atoms with Gasteiger partial charge in [0.25, 0.3) is 0 Å². The molecule has 1 spiro atoms. The smallest absolute Gasteiger partial charge is 0.0193 e. The third kappa shape index (κ3) is 0.488. The summed E-state index contributed by atoms with van der Waals surface area (Å²) in [5.74, 6) is 3.32. The summed E-state index contributed by atoms with van der Waals surface area (Å²) >= 11 is 0. The molecule has 1 nitrogen and oxygen atoms in total. The van der Waals surface area contributed by atoms with Crippen LogP contribution < -0.4 is 5.32 Å². The molecule has 60 valence electrons. The van der Waals surface area contributed by atoms with Gasteiger partial charge in [0, 0.05) is 11.6 Å². The first-order valence-corrected chi connectivity index (χ1v) is 5.12. The summed E-state index contributed by atoms with van der Waals surface area (Å²) < 4.78 is 0. The van der Waals surface area contributed by atoms with Crippen molar-refractivity contribution in [2.24, 2.45) is 17.8 Å². The third-order valence-corrected chi connectivity index (χ3v) is 4.75. The van der Waals surface area contributed by atoms with E-state index < -0.39 is 0 Å². The molecule has 1 N–H and O–H groups in total. The molecule has 0 amide bonds.